The van der Waals surface area contributed by atoms with Crippen LogP contribution in [0.15, 0.2) is 18.3 Å². The summed E-state index contributed by atoms with van der Waals surface area (Å²) in [5, 5.41) is 0. The molecule has 0 aromatic carbocycles. The lowest BCUT2D eigenvalue weighted by Crippen LogP contribution is -2.53. The van der Waals surface area contributed by atoms with Gasteiger partial charge in [-0.25, -0.2) is 4.98 Å². The zero-order chi connectivity index (χ0) is 13.9. The maximum atomic E-state index is 5.54. The summed E-state index contributed by atoms with van der Waals surface area (Å²) in [7, 11) is 0. The maximum absolute atomic E-state index is 5.54. The van der Waals surface area contributed by atoms with Crippen molar-refractivity contribution < 1.29 is 4.74 Å². The van der Waals surface area contributed by atoms with Gasteiger partial charge in [-0.3, -0.25) is 4.90 Å². The SMILES string of the molecule is CCOc1ccnc(N2CCN(C(C)(C)C)CC2)c1. The molecule has 0 N–H and O–H groups in total. The molecule has 0 amide bonds. The first-order valence-electron chi connectivity index (χ1n) is 7.09. The summed E-state index contributed by atoms with van der Waals surface area (Å²) in [5.74, 6) is 1.94. The fourth-order valence-electron chi connectivity index (χ4n) is 2.44. The molecule has 0 saturated carbocycles. The van der Waals surface area contributed by atoms with Crippen LogP contribution in [0.4, 0.5) is 5.82 Å². The van der Waals surface area contributed by atoms with Crippen LogP contribution in [0.2, 0.25) is 0 Å². The van der Waals surface area contributed by atoms with E-state index >= 15 is 0 Å². The van der Waals surface area contributed by atoms with Gasteiger partial charge in [0.2, 0.25) is 0 Å². The van der Waals surface area contributed by atoms with Gasteiger partial charge in [0.1, 0.15) is 11.6 Å². The van der Waals surface area contributed by atoms with Crippen LogP contribution in [-0.2, 0) is 0 Å². The van der Waals surface area contributed by atoms with E-state index in [1.165, 1.54) is 0 Å². The van der Waals surface area contributed by atoms with Crippen LogP contribution in [0.1, 0.15) is 27.7 Å². The second kappa shape index (κ2) is 5.78. The highest BCUT2D eigenvalue weighted by Gasteiger charge is 2.26. The lowest BCUT2D eigenvalue weighted by atomic mass is 10.1. The summed E-state index contributed by atoms with van der Waals surface area (Å²) in [5.41, 5.74) is 0.257. The first-order chi connectivity index (χ1) is 9.00. The van der Waals surface area contributed by atoms with Gasteiger partial charge >= 0.3 is 0 Å². The van der Waals surface area contributed by atoms with Crippen molar-refractivity contribution in [2.75, 3.05) is 37.7 Å². The second-order valence-electron chi connectivity index (χ2n) is 5.93. The zero-order valence-electron chi connectivity index (χ0n) is 12.5. The Hall–Kier alpha value is -1.29. The van der Waals surface area contributed by atoms with Gasteiger partial charge in [-0.2, -0.15) is 0 Å². The predicted octanol–water partition coefficient (Wildman–Crippen LogP) is 2.40. The summed E-state index contributed by atoms with van der Waals surface area (Å²) in [6.45, 7) is 13.8. The standard InChI is InChI=1S/C15H25N3O/c1-5-19-13-6-7-16-14(12-13)17-8-10-18(11-9-17)15(2,3)4/h6-7,12H,5,8-11H2,1-4H3. The van der Waals surface area contributed by atoms with Crippen LogP contribution in [0.5, 0.6) is 5.75 Å². The zero-order valence-corrected chi connectivity index (χ0v) is 12.5. The lowest BCUT2D eigenvalue weighted by Gasteiger charge is -2.42. The lowest BCUT2D eigenvalue weighted by molar-refractivity contribution is 0.128. The molecule has 1 aliphatic rings. The van der Waals surface area contributed by atoms with E-state index < -0.39 is 0 Å². The molecule has 2 rings (SSSR count). The largest absolute Gasteiger partial charge is 0.494 e. The van der Waals surface area contributed by atoms with Crippen molar-refractivity contribution in [3.8, 4) is 5.75 Å². The van der Waals surface area contributed by atoms with Crippen molar-refractivity contribution in [2.45, 2.75) is 33.2 Å². The molecule has 1 fully saturated rings. The number of aromatic nitrogens is 1. The van der Waals surface area contributed by atoms with Gasteiger partial charge in [0.15, 0.2) is 0 Å². The number of rotatable bonds is 3. The van der Waals surface area contributed by atoms with Gasteiger partial charge in [0.05, 0.1) is 6.61 Å². The van der Waals surface area contributed by atoms with E-state index in [0.29, 0.717) is 6.61 Å². The van der Waals surface area contributed by atoms with Crippen LogP contribution in [-0.4, -0.2) is 48.2 Å². The fourth-order valence-corrected chi connectivity index (χ4v) is 2.44. The molecular formula is C15H25N3O. The van der Waals surface area contributed by atoms with Crippen LogP contribution in [0, 0.1) is 0 Å². The minimum Gasteiger partial charge on any atom is -0.494 e. The minimum atomic E-state index is 0.257. The van der Waals surface area contributed by atoms with Crippen LogP contribution < -0.4 is 9.64 Å². The molecule has 0 spiro atoms. The van der Waals surface area contributed by atoms with Crippen LogP contribution >= 0.6 is 0 Å². The van der Waals surface area contributed by atoms with E-state index in [1.54, 1.807) is 0 Å². The van der Waals surface area contributed by atoms with E-state index in [4.69, 9.17) is 4.74 Å². The number of pyridine rings is 1. The van der Waals surface area contributed by atoms with E-state index in [0.717, 1.165) is 37.7 Å². The highest BCUT2D eigenvalue weighted by atomic mass is 16.5. The molecule has 0 atom stereocenters. The van der Waals surface area contributed by atoms with Crippen LogP contribution in [0.25, 0.3) is 0 Å². The number of hydrogen-bond acceptors (Lipinski definition) is 4. The van der Waals surface area contributed by atoms with Gasteiger partial charge in [-0.05, 0) is 33.8 Å². The number of anilines is 1. The number of ether oxygens (including phenoxy) is 1. The highest BCUT2D eigenvalue weighted by molar-refractivity contribution is 5.44. The Balaban J connectivity index is 1.99. The van der Waals surface area contributed by atoms with Crippen molar-refractivity contribution in [1.29, 1.82) is 0 Å². The molecule has 1 aliphatic heterocycles. The number of piperazine rings is 1. The number of hydrogen-bond donors (Lipinski definition) is 0. The predicted molar refractivity (Wildman–Crippen MR) is 78.9 cm³/mol. The number of nitrogens with zero attached hydrogens (tertiary/aromatic N) is 3. The summed E-state index contributed by atoms with van der Waals surface area (Å²) in [6, 6.07) is 3.95. The molecule has 0 unspecified atom stereocenters. The van der Waals surface area contributed by atoms with E-state index in [9.17, 15) is 0 Å². The summed E-state index contributed by atoms with van der Waals surface area (Å²) >= 11 is 0. The molecule has 1 aromatic heterocycles. The molecule has 1 aromatic rings. The second-order valence-corrected chi connectivity index (χ2v) is 5.93. The quantitative estimate of drug-likeness (QED) is 0.837. The van der Waals surface area contributed by atoms with Gasteiger partial charge in [0, 0.05) is 44.0 Å². The van der Waals surface area contributed by atoms with E-state index in [2.05, 4.69) is 35.6 Å². The van der Waals surface area contributed by atoms with Crippen molar-refractivity contribution in [2.24, 2.45) is 0 Å². The molecule has 1 saturated heterocycles. The van der Waals surface area contributed by atoms with Crippen molar-refractivity contribution in [3.05, 3.63) is 18.3 Å². The third kappa shape index (κ3) is 3.60. The monoisotopic (exact) mass is 263 g/mol. The van der Waals surface area contributed by atoms with Gasteiger partial charge in [0.25, 0.3) is 0 Å². The van der Waals surface area contributed by atoms with Crippen LogP contribution in [0.3, 0.4) is 0 Å². The van der Waals surface area contributed by atoms with Gasteiger partial charge in [-0.15, -0.1) is 0 Å². The maximum Gasteiger partial charge on any atom is 0.132 e. The Morgan fingerprint density at radius 3 is 2.47 bits per heavy atom. The Bertz CT molecular complexity index is 406. The molecule has 0 aliphatic carbocycles. The fraction of sp³-hybridized carbons (Fsp3) is 0.667. The molecule has 4 nitrogen and oxygen atoms in total. The molecule has 106 valence electrons. The Kier molecular flexibility index (Phi) is 4.30. The summed E-state index contributed by atoms with van der Waals surface area (Å²) < 4.78 is 5.54. The van der Waals surface area contributed by atoms with Crippen molar-refractivity contribution in [1.82, 2.24) is 9.88 Å². The topological polar surface area (TPSA) is 28.6 Å². The first-order valence-corrected chi connectivity index (χ1v) is 7.09. The van der Waals surface area contributed by atoms with Gasteiger partial charge < -0.3 is 9.64 Å². The molecule has 0 bridgehead atoms. The van der Waals surface area contributed by atoms with Crippen molar-refractivity contribution >= 4 is 5.82 Å². The third-order valence-electron chi connectivity index (χ3n) is 3.58. The summed E-state index contributed by atoms with van der Waals surface area (Å²) in [4.78, 5) is 9.32. The Morgan fingerprint density at radius 2 is 1.89 bits per heavy atom. The normalized spacial score (nSPS) is 17.6. The van der Waals surface area contributed by atoms with E-state index in [-0.39, 0.29) is 5.54 Å². The van der Waals surface area contributed by atoms with Gasteiger partial charge in [-0.1, -0.05) is 0 Å². The average molecular weight is 263 g/mol. The van der Waals surface area contributed by atoms with E-state index in [1.807, 2.05) is 25.3 Å². The smallest absolute Gasteiger partial charge is 0.132 e. The molecule has 19 heavy (non-hydrogen) atoms. The highest BCUT2D eigenvalue weighted by Crippen LogP contribution is 2.22. The minimum absolute atomic E-state index is 0.257. The third-order valence-corrected chi connectivity index (χ3v) is 3.58. The average Bonchev–Trinajstić information content (AvgIpc) is 2.39. The van der Waals surface area contributed by atoms with Crippen molar-refractivity contribution in [3.63, 3.8) is 0 Å². The Morgan fingerprint density at radius 1 is 1.21 bits per heavy atom. The molecular weight excluding hydrogens is 238 g/mol. The molecule has 4 heteroatoms. The Labute approximate surface area is 116 Å². The first kappa shape index (κ1) is 14.1. The summed E-state index contributed by atoms with van der Waals surface area (Å²) in [6.07, 6.45) is 1.83. The molecule has 0 radical (unpaired) electrons. The molecule has 2 heterocycles.